The fourth-order valence-electron chi connectivity index (χ4n) is 2.70. The van der Waals surface area contributed by atoms with E-state index in [1.807, 2.05) is 36.4 Å². The maximum Gasteiger partial charge on any atom is 0.242 e. The lowest BCUT2D eigenvalue weighted by molar-refractivity contribution is -0.117. The Bertz CT molecular complexity index is 1090. The normalized spacial score (nSPS) is 12.3. The van der Waals surface area contributed by atoms with Crippen LogP contribution in [0, 0.1) is 5.82 Å². The molecule has 0 aromatic heterocycles. The van der Waals surface area contributed by atoms with E-state index in [4.69, 9.17) is 0 Å². The van der Waals surface area contributed by atoms with E-state index in [-0.39, 0.29) is 11.3 Å². The number of carbonyl (C=O) groups is 1. The summed E-state index contributed by atoms with van der Waals surface area (Å²) >= 11 is 3.33. The van der Waals surface area contributed by atoms with Crippen LogP contribution in [0.4, 0.5) is 10.1 Å². The van der Waals surface area contributed by atoms with Crippen LogP contribution in [0.25, 0.3) is 0 Å². The lowest BCUT2D eigenvalue weighted by Crippen LogP contribution is -2.45. The predicted octanol–water partition coefficient (Wildman–Crippen LogP) is 4.12. The minimum absolute atomic E-state index is 0.118. The van der Waals surface area contributed by atoms with Gasteiger partial charge in [-0.15, -0.1) is 0 Å². The van der Waals surface area contributed by atoms with Crippen molar-refractivity contribution in [2.24, 2.45) is 0 Å². The highest BCUT2D eigenvalue weighted by Gasteiger charge is 2.26. The first-order valence-electron chi connectivity index (χ1n) is 8.72. The first-order valence-corrected chi connectivity index (χ1v) is 11.0. The molecule has 0 aliphatic heterocycles. The smallest absolute Gasteiger partial charge is 0.242 e. The summed E-state index contributed by atoms with van der Waals surface area (Å²) in [5, 5.41) is 2.73. The number of sulfonamides is 1. The van der Waals surface area contributed by atoms with Gasteiger partial charge in [-0.05, 0) is 54.4 Å². The SMILES string of the molecule is O=C(Nc1cccc(Br)c1)[C@@H](Cc1ccccc1)NS(=O)(=O)c1ccc(F)cc1. The zero-order valence-electron chi connectivity index (χ0n) is 15.2. The highest BCUT2D eigenvalue weighted by molar-refractivity contribution is 9.10. The number of halogens is 2. The van der Waals surface area contributed by atoms with Gasteiger partial charge < -0.3 is 5.32 Å². The molecule has 29 heavy (non-hydrogen) atoms. The fourth-order valence-corrected chi connectivity index (χ4v) is 4.30. The second-order valence-corrected chi connectivity index (χ2v) is 8.95. The molecule has 0 heterocycles. The van der Waals surface area contributed by atoms with Gasteiger partial charge in [0.05, 0.1) is 4.90 Å². The highest BCUT2D eigenvalue weighted by atomic mass is 79.9. The molecule has 0 saturated heterocycles. The first-order chi connectivity index (χ1) is 13.8. The minimum atomic E-state index is -4.03. The third-order valence-electron chi connectivity index (χ3n) is 4.11. The summed E-state index contributed by atoms with van der Waals surface area (Å²) in [6, 6.07) is 19.4. The lowest BCUT2D eigenvalue weighted by atomic mass is 10.1. The molecule has 2 N–H and O–H groups in total. The van der Waals surface area contributed by atoms with Crippen LogP contribution >= 0.6 is 15.9 Å². The van der Waals surface area contributed by atoms with E-state index in [1.165, 1.54) is 0 Å². The summed E-state index contributed by atoms with van der Waals surface area (Å²) in [7, 11) is -4.03. The van der Waals surface area contributed by atoms with Crippen LogP contribution in [0.1, 0.15) is 5.56 Å². The molecule has 0 saturated carbocycles. The van der Waals surface area contributed by atoms with Crippen LogP contribution in [-0.4, -0.2) is 20.4 Å². The lowest BCUT2D eigenvalue weighted by Gasteiger charge is -2.19. The molecule has 0 bridgehead atoms. The first kappa shape index (κ1) is 21.2. The Hall–Kier alpha value is -2.55. The Kier molecular flexibility index (Phi) is 6.79. The standard InChI is InChI=1S/C21H18BrFN2O3S/c22-16-7-4-8-18(14-16)24-21(26)20(13-15-5-2-1-3-6-15)25-29(27,28)19-11-9-17(23)10-12-19/h1-12,14,20,25H,13H2,(H,24,26)/t20-/m1/s1. The molecule has 0 spiro atoms. The zero-order valence-corrected chi connectivity index (χ0v) is 17.6. The number of benzene rings is 3. The molecule has 0 unspecified atom stereocenters. The van der Waals surface area contributed by atoms with Crippen LogP contribution in [-0.2, 0) is 21.2 Å². The predicted molar refractivity (Wildman–Crippen MR) is 113 cm³/mol. The van der Waals surface area contributed by atoms with Crippen molar-refractivity contribution in [2.45, 2.75) is 17.4 Å². The molecular formula is C21H18BrFN2O3S. The van der Waals surface area contributed by atoms with Crippen molar-refractivity contribution in [1.82, 2.24) is 4.72 Å². The van der Waals surface area contributed by atoms with Crippen molar-refractivity contribution < 1.29 is 17.6 Å². The molecule has 0 aliphatic rings. The van der Waals surface area contributed by atoms with Gasteiger partial charge in [-0.1, -0.05) is 52.3 Å². The molecule has 0 fully saturated rings. The van der Waals surface area contributed by atoms with E-state index >= 15 is 0 Å². The Labute approximate surface area is 177 Å². The Morgan fingerprint density at radius 3 is 2.31 bits per heavy atom. The molecule has 1 atom stereocenters. The van der Waals surface area contributed by atoms with Gasteiger partial charge in [-0.25, -0.2) is 12.8 Å². The average Bonchev–Trinajstić information content (AvgIpc) is 2.68. The number of anilines is 1. The largest absolute Gasteiger partial charge is 0.325 e. The molecule has 3 rings (SSSR count). The van der Waals surface area contributed by atoms with Crippen LogP contribution in [0.15, 0.2) is 88.2 Å². The maximum absolute atomic E-state index is 13.1. The number of rotatable bonds is 7. The number of hydrogen-bond donors (Lipinski definition) is 2. The van der Waals surface area contributed by atoms with E-state index < -0.39 is 27.8 Å². The Morgan fingerprint density at radius 1 is 0.966 bits per heavy atom. The zero-order chi connectivity index (χ0) is 20.9. The van der Waals surface area contributed by atoms with Crippen molar-refractivity contribution in [3.8, 4) is 0 Å². The van der Waals surface area contributed by atoms with Crippen molar-refractivity contribution in [3.63, 3.8) is 0 Å². The molecule has 5 nitrogen and oxygen atoms in total. The van der Waals surface area contributed by atoms with E-state index in [0.29, 0.717) is 5.69 Å². The van der Waals surface area contributed by atoms with E-state index in [2.05, 4.69) is 26.0 Å². The third kappa shape index (κ3) is 5.96. The molecule has 1 amide bonds. The molecule has 3 aromatic rings. The van der Waals surface area contributed by atoms with Crippen LogP contribution in [0.2, 0.25) is 0 Å². The Morgan fingerprint density at radius 2 is 1.66 bits per heavy atom. The van der Waals surface area contributed by atoms with E-state index in [9.17, 15) is 17.6 Å². The van der Waals surface area contributed by atoms with Gasteiger partial charge in [-0.3, -0.25) is 4.79 Å². The fraction of sp³-hybridized carbons (Fsp3) is 0.0952. The molecule has 0 aliphatic carbocycles. The van der Waals surface area contributed by atoms with Gasteiger partial charge in [0.1, 0.15) is 11.9 Å². The van der Waals surface area contributed by atoms with Gasteiger partial charge >= 0.3 is 0 Å². The second kappa shape index (κ2) is 9.30. The summed E-state index contributed by atoms with van der Waals surface area (Å²) < 4.78 is 41.8. The third-order valence-corrected chi connectivity index (χ3v) is 6.09. The molecular weight excluding hydrogens is 459 g/mol. The second-order valence-electron chi connectivity index (χ2n) is 6.32. The molecule has 8 heteroatoms. The van der Waals surface area contributed by atoms with Crippen LogP contribution < -0.4 is 10.0 Å². The van der Waals surface area contributed by atoms with Crippen molar-refractivity contribution >= 4 is 37.5 Å². The van der Waals surface area contributed by atoms with Crippen molar-refractivity contribution in [1.29, 1.82) is 0 Å². The van der Waals surface area contributed by atoms with Gasteiger partial charge in [0.2, 0.25) is 15.9 Å². The average molecular weight is 477 g/mol. The summed E-state index contributed by atoms with van der Waals surface area (Å²) in [5.74, 6) is -1.05. The van der Waals surface area contributed by atoms with Gasteiger partial charge in [0, 0.05) is 10.2 Å². The number of carbonyl (C=O) groups excluding carboxylic acids is 1. The summed E-state index contributed by atoms with van der Waals surface area (Å²) in [5.41, 5.74) is 1.33. The number of amides is 1. The topological polar surface area (TPSA) is 75.3 Å². The quantitative estimate of drug-likeness (QED) is 0.538. The van der Waals surface area contributed by atoms with Crippen LogP contribution in [0.5, 0.6) is 0 Å². The van der Waals surface area contributed by atoms with Gasteiger partial charge in [0.15, 0.2) is 0 Å². The number of hydrogen-bond acceptors (Lipinski definition) is 3. The van der Waals surface area contributed by atoms with E-state index in [1.54, 1.807) is 18.2 Å². The number of nitrogens with one attached hydrogen (secondary N) is 2. The van der Waals surface area contributed by atoms with Gasteiger partial charge in [0.25, 0.3) is 0 Å². The summed E-state index contributed by atoms with van der Waals surface area (Å²) in [6.45, 7) is 0. The molecule has 150 valence electrons. The minimum Gasteiger partial charge on any atom is -0.325 e. The van der Waals surface area contributed by atoms with Crippen molar-refractivity contribution in [2.75, 3.05) is 5.32 Å². The van der Waals surface area contributed by atoms with E-state index in [0.717, 1.165) is 34.3 Å². The van der Waals surface area contributed by atoms with Crippen LogP contribution in [0.3, 0.4) is 0 Å². The Balaban J connectivity index is 1.85. The summed E-state index contributed by atoms with van der Waals surface area (Å²) in [4.78, 5) is 12.8. The van der Waals surface area contributed by atoms with Crippen molar-refractivity contribution in [3.05, 3.63) is 94.7 Å². The molecule has 3 aromatic carbocycles. The maximum atomic E-state index is 13.1. The highest BCUT2D eigenvalue weighted by Crippen LogP contribution is 2.17. The summed E-state index contributed by atoms with van der Waals surface area (Å²) in [6.07, 6.45) is 0.154. The van der Waals surface area contributed by atoms with Gasteiger partial charge in [-0.2, -0.15) is 4.72 Å². The monoisotopic (exact) mass is 476 g/mol. The molecule has 0 radical (unpaired) electrons.